The second-order valence-electron chi connectivity index (χ2n) is 4.39. The highest BCUT2D eigenvalue weighted by Gasteiger charge is 2.13. The van der Waals surface area contributed by atoms with E-state index in [4.69, 9.17) is 5.73 Å². The molecule has 0 unspecified atom stereocenters. The van der Waals surface area contributed by atoms with Crippen molar-refractivity contribution in [2.45, 2.75) is 33.6 Å². The number of aryl methyl sites for hydroxylation is 3. The molecule has 2 N–H and O–H groups in total. The number of hydrogen-bond donors (Lipinski definition) is 1. The molecular formula is C14H18N2S. The van der Waals surface area contributed by atoms with Crippen LogP contribution in [-0.4, -0.2) is 4.98 Å². The van der Waals surface area contributed by atoms with E-state index in [0.717, 1.165) is 18.5 Å². The first-order chi connectivity index (χ1) is 8.11. The Morgan fingerprint density at radius 1 is 1.29 bits per heavy atom. The molecule has 0 bridgehead atoms. The SMILES string of the molecule is CCCc1sc(N)nc1-c1cc(C)ccc1C. The molecule has 0 aliphatic carbocycles. The predicted octanol–water partition coefficient (Wildman–Crippen LogP) is 3.96. The molecule has 0 atom stereocenters. The van der Waals surface area contributed by atoms with Gasteiger partial charge in [-0.3, -0.25) is 0 Å². The predicted molar refractivity (Wildman–Crippen MR) is 75.4 cm³/mol. The molecule has 0 amide bonds. The molecule has 2 nitrogen and oxygen atoms in total. The summed E-state index contributed by atoms with van der Waals surface area (Å²) in [6.45, 7) is 6.42. The number of aromatic nitrogens is 1. The smallest absolute Gasteiger partial charge is 0.180 e. The van der Waals surface area contributed by atoms with Gasteiger partial charge in [-0.2, -0.15) is 0 Å². The normalized spacial score (nSPS) is 10.8. The highest BCUT2D eigenvalue weighted by molar-refractivity contribution is 7.15. The van der Waals surface area contributed by atoms with Crippen molar-refractivity contribution in [1.29, 1.82) is 0 Å². The minimum Gasteiger partial charge on any atom is -0.375 e. The van der Waals surface area contributed by atoms with Crippen LogP contribution in [0.5, 0.6) is 0 Å². The van der Waals surface area contributed by atoms with Crippen molar-refractivity contribution in [2.24, 2.45) is 0 Å². The third kappa shape index (κ3) is 2.50. The Hall–Kier alpha value is -1.35. The molecule has 90 valence electrons. The molecule has 0 fully saturated rings. The van der Waals surface area contributed by atoms with E-state index in [1.54, 1.807) is 11.3 Å². The molecule has 0 aliphatic rings. The van der Waals surface area contributed by atoms with Crippen LogP contribution in [0, 0.1) is 13.8 Å². The van der Waals surface area contributed by atoms with Gasteiger partial charge in [0.1, 0.15) is 0 Å². The van der Waals surface area contributed by atoms with Gasteiger partial charge in [0.15, 0.2) is 5.13 Å². The average molecular weight is 246 g/mol. The largest absolute Gasteiger partial charge is 0.375 e. The second-order valence-corrected chi connectivity index (χ2v) is 5.51. The minimum absolute atomic E-state index is 0.671. The third-order valence-electron chi connectivity index (χ3n) is 2.84. The molecule has 1 aromatic heterocycles. The lowest BCUT2D eigenvalue weighted by atomic mass is 10.0. The van der Waals surface area contributed by atoms with E-state index in [0.29, 0.717) is 5.13 Å². The van der Waals surface area contributed by atoms with Crippen LogP contribution < -0.4 is 5.73 Å². The first kappa shape index (κ1) is 12.1. The summed E-state index contributed by atoms with van der Waals surface area (Å²) in [5, 5.41) is 0.671. The molecule has 0 aliphatic heterocycles. The fraction of sp³-hybridized carbons (Fsp3) is 0.357. The summed E-state index contributed by atoms with van der Waals surface area (Å²) in [7, 11) is 0. The van der Waals surface area contributed by atoms with E-state index in [1.807, 2.05) is 0 Å². The highest BCUT2D eigenvalue weighted by atomic mass is 32.1. The molecule has 2 aromatic rings. The minimum atomic E-state index is 0.671. The first-order valence-corrected chi connectivity index (χ1v) is 6.76. The number of anilines is 1. The van der Waals surface area contributed by atoms with E-state index in [-0.39, 0.29) is 0 Å². The lowest BCUT2D eigenvalue weighted by molar-refractivity contribution is 0.938. The molecule has 1 heterocycles. The number of benzene rings is 1. The summed E-state index contributed by atoms with van der Waals surface area (Å²) in [6.07, 6.45) is 2.18. The van der Waals surface area contributed by atoms with Crippen LogP contribution in [0.2, 0.25) is 0 Å². The lowest BCUT2D eigenvalue weighted by Gasteiger charge is -2.06. The average Bonchev–Trinajstić information content (AvgIpc) is 2.64. The zero-order valence-electron chi connectivity index (χ0n) is 10.6. The van der Waals surface area contributed by atoms with Gasteiger partial charge in [-0.1, -0.05) is 31.0 Å². The fourth-order valence-electron chi connectivity index (χ4n) is 1.97. The van der Waals surface area contributed by atoms with E-state index < -0.39 is 0 Å². The number of hydrogen-bond acceptors (Lipinski definition) is 3. The van der Waals surface area contributed by atoms with E-state index in [2.05, 4.69) is 44.0 Å². The van der Waals surface area contributed by atoms with Crippen LogP contribution in [0.3, 0.4) is 0 Å². The van der Waals surface area contributed by atoms with Crippen molar-refractivity contribution in [1.82, 2.24) is 4.98 Å². The number of thiazole rings is 1. The van der Waals surface area contributed by atoms with Gasteiger partial charge in [-0.15, -0.1) is 11.3 Å². The van der Waals surface area contributed by atoms with Crippen molar-refractivity contribution in [2.75, 3.05) is 5.73 Å². The summed E-state index contributed by atoms with van der Waals surface area (Å²) >= 11 is 1.62. The Labute approximate surface area is 107 Å². The molecular weight excluding hydrogens is 228 g/mol. The van der Waals surface area contributed by atoms with Crippen molar-refractivity contribution in [3.05, 3.63) is 34.2 Å². The van der Waals surface area contributed by atoms with Crippen LogP contribution in [0.1, 0.15) is 29.3 Å². The third-order valence-corrected chi connectivity index (χ3v) is 3.78. The Kier molecular flexibility index (Phi) is 3.48. The maximum Gasteiger partial charge on any atom is 0.180 e. The van der Waals surface area contributed by atoms with Crippen LogP contribution in [0.4, 0.5) is 5.13 Å². The van der Waals surface area contributed by atoms with Crippen molar-refractivity contribution in [3.8, 4) is 11.3 Å². The lowest BCUT2D eigenvalue weighted by Crippen LogP contribution is -1.90. The van der Waals surface area contributed by atoms with Gasteiger partial charge in [0.2, 0.25) is 0 Å². The number of nitrogen functional groups attached to an aromatic ring is 1. The van der Waals surface area contributed by atoms with Crippen molar-refractivity contribution in [3.63, 3.8) is 0 Å². The molecule has 0 saturated heterocycles. The zero-order chi connectivity index (χ0) is 12.4. The van der Waals surface area contributed by atoms with Crippen LogP contribution >= 0.6 is 11.3 Å². The fourth-order valence-corrected chi connectivity index (χ4v) is 2.92. The van der Waals surface area contributed by atoms with Gasteiger partial charge in [0.25, 0.3) is 0 Å². The number of rotatable bonds is 3. The maximum absolute atomic E-state index is 5.84. The van der Waals surface area contributed by atoms with Gasteiger partial charge in [-0.25, -0.2) is 4.98 Å². The highest BCUT2D eigenvalue weighted by Crippen LogP contribution is 2.32. The second kappa shape index (κ2) is 4.88. The standard InChI is InChI=1S/C14H18N2S/c1-4-5-12-13(16-14(15)17-12)11-8-9(2)6-7-10(11)3/h6-8H,4-5H2,1-3H3,(H2,15,16). The molecule has 3 heteroatoms. The summed E-state index contributed by atoms with van der Waals surface area (Å²) < 4.78 is 0. The Bertz CT molecular complexity index is 529. The molecule has 2 rings (SSSR count). The van der Waals surface area contributed by atoms with Crippen LogP contribution in [0.15, 0.2) is 18.2 Å². The quantitative estimate of drug-likeness (QED) is 0.890. The Morgan fingerprint density at radius 2 is 2.06 bits per heavy atom. The van der Waals surface area contributed by atoms with E-state index in [1.165, 1.54) is 21.6 Å². The molecule has 0 saturated carbocycles. The van der Waals surface area contributed by atoms with Gasteiger partial charge < -0.3 is 5.73 Å². The van der Waals surface area contributed by atoms with Gasteiger partial charge in [0.05, 0.1) is 5.69 Å². The first-order valence-electron chi connectivity index (χ1n) is 5.94. The zero-order valence-corrected chi connectivity index (χ0v) is 11.4. The summed E-state index contributed by atoms with van der Waals surface area (Å²) in [5.74, 6) is 0. The summed E-state index contributed by atoms with van der Waals surface area (Å²) in [4.78, 5) is 5.80. The van der Waals surface area contributed by atoms with Gasteiger partial charge >= 0.3 is 0 Å². The van der Waals surface area contributed by atoms with Gasteiger partial charge in [0, 0.05) is 10.4 Å². The van der Waals surface area contributed by atoms with Gasteiger partial charge in [-0.05, 0) is 31.9 Å². The number of nitrogens with two attached hydrogens (primary N) is 1. The molecule has 17 heavy (non-hydrogen) atoms. The van der Waals surface area contributed by atoms with Crippen LogP contribution in [-0.2, 0) is 6.42 Å². The Balaban J connectivity index is 2.55. The summed E-state index contributed by atoms with van der Waals surface area (Å²) in [6, 6.07) is 6.48. The molecule has 1 aromatic carbocycles. The topological polar surface area (TPSA) is 38.9 Å². The van der Waals surface area contributed by atoms with Crippen molar-refractivity contribution < 1.29 is 0 Å². The van der Waals surface area contributed by atoms with Crippen LogP contribution in [0.25, 0.3) is 11.3 Å². The molecule has 0 spiro atoms. The number of nitrogens with zero attached hydrogens (tertiary/aromatic N) is 1. The Morgan fingerprint density at radius 3 is 2.76 bits per heavy atom. The monoisotopic (exact) mass is 246 g/mol. The van der Waals surface area contributed by atoms with E-state index in [9.17, 15) is 0 Å². The summed E-state index contributed by atoms with van der Waals surface area (Å²) in [5.41, 5.74) is 10.7. The van der Waals surface area contributed by atoms with Crippen molar-refractivity contribution >= 4 is 16.5 Å². The van der Waals surface area contributed by atoms with E-state index >= 15 is 0 Å². The molecule has 0 radical (unpaired) electrons. The maximum atomic E-state index is 5.84.